The van der Waals surface area contributed by atoms with Gasteiger partial charge in [0, 0.05) is 30.5 Å². The molecule has 1 saturated carbocycles. The number of pyridine rings is 1. The fourth-order valence-electron chi connectivity index (χ4n) is 5.09. The van der Waals surface area contributed by atoms with Gasteiger partial charge in [0.25, 0.3) is 5.91 Å². The second-order valence-electron chi connectivity index (χ2n) is 9.74. The van der Waals surface area contributed by atoms with Gasteiger partial charge in [-0.05, 0) is 73.4 Å². The van der Waals surface area contributed by atoms with E-state index in [-0.39, 0.29) is 16.8 Å². The number of aryl methyl sites for hydroxylation is 1. The summed E-state index contributed by atoms with van der Waals surface area (Å²) in [6.07, 6.45) is 8.50. The van der Waals surface area contributed by atoms with Crippen molar-refractivity contribution in [2.24, 2.45) is 0 Å². The standard InChI is InChI=1S/C29H32N4O3S2/c1-3-33(24-9-5-4-6-10-24)38(35,36)25-14-12-23(13-15-25)28(34)32(20-22-8-7-17-30-19-22)29-31-26-16-11-21(2)18-27(26)37-29/h7-8,11-19,24H,3-6,9-10,20H2,1-2H3. The molecule has 2 aromatic heterocycles. The summed E-state index contributed by atoms with van der Waals surface area (Å²) in [6.45, 7) is 4.65. The summed E-state index contributed by atoms with van der Waals surface area (Å²) in [4.78, 5) is 24.6. The van der Waals surface area contributed by atoms with Gasteiger partial charge in [0.05, 0.1) is 21.7 Å². The number of amides is 1. The van der Waals surface area contributed by atoms with Crippen LogP contribution < -0.4 is 4.90 Å². The van der Waals surface area contributed by atoms with Crippen molar-refractivity contribution in [1.82, 2.24) is 14.3 Å². The Hall–Kier alpha value is -3.14. The Kier molecular flexibility index (Phi) is 7.88. The number of nitrogens with zero attached hydrogens (tertiary/aromatic N) is 4. The topological polar surface area (TPSA) is 83.5 Å². The smallest absolute Gasteiger partial charge is 0.260 e. The van der Waals surface area contributed by atoms with Crippen LogP contribution in [-0.2, 0) is 16.6 Å². The molecule has 0 N–H and O–H groups in total. The number of thiazole rings is 1. The first-order valence-corrected chi connectivity index (χ1v) is 15.3. The maximum absolute atomic E-state index is 13.8. The number of sulfonamides is 1. The quantitative estimate of drug-likeness (QED) is 0.262. The van der Waals surface area contributed by atoms with Gasteiger partial charge in [-0.15, -0.1) is 0 Å². The summed E-state index contributed by atoms with van der Waals surface area (Å²) in [5.74, 6) is -0.242. The Bertz CT molecular complexity index is 1510. The van der Waals surface area contributed by atoms with Crippen molar-refractivity contribution >= 4 is 42.6 Å². The van der Waals surface area contributed by atoms with Gasteiger partial charge >= 0.3 is 0 Å². The molecule has 0 spiro atoms. The normalized spacial score (nSPS) is 14.7. The maximum Gasteiger partial charge on any atom is 0.260 e. The molecule has 5 rings (SSSR count). The lowest BCUT2D eigenvalue weighted by atomic mass is 9.95. The molecule has 0 saturated heterocycles. The number of carbonyl (C=O) groups is 1. The minimum atomic E-state index is -3.65. The molecule has 0 unspecified atom stereocenters. The number of fused-ring (bicyclic) bond motifs is 1. The zero-order valence-corrected chi connectivity index (χ0v) is 23.3. The van der Waals surface area contributed by atoms with Crippen LogP contribution in [0, 0.1) is 6.92 Å². The van der Waals surface area contributed by atoms with Gasteiger partial charge in [0.2, 0.25) is 10.0 Å². The Balaban J connectivity index is 1.45. The number of rotatable bonds is 8. The van der Waals surface area contributed by atoms with E-state index in [2.05, 4.69) is 11.1 Å². The zero-order chi connectivity index (χ0) is 26.7. The van der Waals surface area contributed by atoms with Gasteiger partial charge in [-0.1, -0.05) is 49.7 Å². The van der Waals surface area contributed by atoms with Gasteiger partial charge in [-0.3, -0.25) is 14.7 Å². The van der Waals surface area contributed by atoms with Crippen molar-refractivity contribution in [2.75, 3.05) is 11.4 Å². The highest BCUT2D eigenvalue weighted by Gasteiger charge is 2.31. The monoisotopic (exact) mass is 548 g/mol. The lowest BCUT2D eigenvalue weighted by Crippen LogP contribution is -2.41. The van der Waals surface area contributed by atoms with E-state index in [0.29, 0.717) is 23.8 Å². The van der Waals surface area contributed by atoms with Crippen LogP contribution in [0.4, 0.5) is 5.13 Å². The number of aromatic nitrogens is 2. The SMILES string of the molecule is CCN(C1CCCCC1)S(=O)(=O)c1ccc(C(=O)N(Cc2cccnc2)c2nc3ccc(C)cc3s2)cc1. The second-order valence-corrected chi connectivity index (χ2v) is 12.6. The molecule has 1 aliphatic carbocycles. The third-order valence-corrected chi connectivity index (χ3v) is 10.2. The lowest BCUT2D eigenvalue weighted by molar-refractivity contribution is 0.0985. The minimum Gasteiger partial charge on any atom is -0.279 e. The summed E-state index contributed by atoms with van der Waals surface area (Å²) in [6, 6.07) is 16.2. The number of benzene rings is 2. The molecule has 0 aliphatic heterocycles. The molecule has 0 atom stereocenters. The molecule has 9 heteroatoms. The van der Waals surface area contributed by atoms with Crippen LogP contribution in [-0.4, -0.2) is 41.2 Å². The largest absolute Gasteiger partial charge is 0.279 e. The zero-order valence-electron chi connectivity index (χ0n) is 21.7. The van der Waals surface area contributed by atoms with Gasteiger partial charge in [0.15, 0.2) is 5.13 Å². The first kappa shape index (κ1) is 26.5. The van der Waals surface area contributed by atoms with Gasteiger partial charge in [0.1, 0.15) is 0 Å². The average molecular weight is 549 g/mol. The summed E-state index contributed by atoms with van der Waals surface area (Å²) >= 11 is 1.46. The second kappa shape index (κ2) is 11.3. The fourth-order valence-corrected chi connectivity index (χ4v) is 7.85. The number of carbonyl (C=O) groups excluding carboxylic acids is 1. The van der Waals surface area contributed by atoms with Gasteiger partial charge in [-0.2, -0.15) is 4.31 Å². The van der Waals surface area contributed by atoms with Crippen molar-refractivity contribution in [3.63, 3.8) is 0 Å². The summed E-state index contributed by atoms with van der Waals surface area (Å²) < 4.78 is 29.6. The molecule has 2 heterocycles. The van der Waals surface area contributed by atoms with E-state index in [9.17, 15) is 13.2 Å². The molecular weight excluding hydrogens is 516 g/mol. The molecule has 0 radical (unpaired) electrons. The summed E-state index contributed by atoms with van der Waals surface area (Å²) in [5.41, 5.74) is 3.25. The van der Waals surface area contributed by atoms with Crippen molar-refractivity contribution in [3.8, 4) is 0 Å². The van der Waals surface area contributed by atoms with Crippen molar-refractivity contribution in [2.45, 2.75) is 63.4 Å². The molecule has 2 aromatic carbocycles. The average Bonchev–Trinajstić information content (AvgIpc) is 3.36. The van der Waals surface area contributed by atoms with E-state index in [1.165, 1.54) is 11.3 Å². The third-order valence-electron chi connectivity index (χ3n) is 7.07. The highest BCUT2D eigenvalue weighted by atomic mass is 32.2. The Morgan fingerprint density at radius 3 is 2.50 bits per heavy atom. The Morgan fingerprint density at radius 2 is 1.82 bits per heavy atom. The molecule has 4 aromatic rings. The van der Waals surface area contributed by atoms with Crippen molar-refractivity contribution < 1.29 is 13.2 Å². The number of hydrogen-bond donors (Lipinski definition) is 0. The molecule has 1 fully saturated rings. The van der Waals surface area contributed by atoms with Crippen LogP contribution in [0.5, 0.6) is 0 Å². The van der Waals surface area contributed by atoms with Gasteiger partial charge in [-0.25, -0.2) is 13.4 Å². The van der Waals surface area contributed by atoms with E-state index in [1.54, 1.807) is 45.9 Å². The van der Waals surface area contributed by atoms with Crippen LogP contribution >= 0.6 is 11.3 Å². The maximum atomic E-state index is 13.8. The Labute approximate surface area is 228 Å². The lowest BCUT2D eigenvalue weighted by Gasteiger charge is -2.32. The molecule has 7 nitrogen and oxygen atoms in total. The van der Waals surface area contributed by atoms with Crippen molar-refractivity contribution in [1.29, 1.82) is 0 Å². The van der Waals surface area contributed by atoms with Crippen molar-refractivity contribution in [3.05, 3.63) is 83.7 Å². The van der Waals surface area contributed by atoms with Crippen LogP contribution in [0.2, 0.25) is 0 Å². The predicted octanol–water partition coefficient (Wildman–Crippen LogP) is 6.19. The molecule has 0 bridgehead atoms. The first-order chi connectivity index (χ1) is 18.4. The number of hydrogen-bond acceptors (Lipinski definition) is 6. The van der Waals surface area contributed by atoms with Crippen LogP contribution in [0.3, 0.4) is 0 Å². The van der Waals surface area contributed by atoms with E-state index in [4.69, 9.17) is 4.98 Å². The summed E-state index contributed by atoms with van der Waals surface area (Å²) in [7, 11) is -3.65. The molecule has 38 heavy (non-hydrogen) atoms. The van der Waals surface area contributed by atoms with E-state index in [0.717, 1.165) is 53.4 Å². The summed E-state index contributed by atoms with van der Waals surface area (Å²) in [5, 5.41) is 0.589. The fraction of sp³-hybridized carbons (Fsp3) is 0.345. The minimum absolute atomic E-state index is 0.0395. The van der Waals surface area contributed by atoms with Gasteiger partial charge < -0.3 is 0 Å². The highest BCUT2D eigenvalue weighted by molar-refractivity contribution is 7.89. The third kappa shape index (κ3) is 5.50. The molecule has 1 amide bonds. The molecular formula is C29H32N4O3S2. The van der Waals surface area contributed by atoms with E-state index in [1.807, 2.05) is 38.1 Å². The number of anilines is 1. The molecule has 198 valence electrons. The van der Waals surface area contributed by atoms with Crippen LogP contribution in [0.25, 0.3) is 10.2 Å². The van der Waals surface area contributed by atoms with Crippen LogP contribution in [0.1, 0.15) is 60.5 Å². The highest BCUT2D eigenvalue weighted by Crippen LogP contribution is 2.32. The molecule has 1 aliphatic rings. The van der Waals surface area contributed by atoms with E-state index >= 15 is 0 Å². The van der Waals surface area contributed by atoms with E-state index < -0.39 is 10.0 Å². The van der Waals surface area contributed by atoms with Crippen LogP contribution in [0.15, 0.2) is 71.9 Å². The Morgan fingerprint density at radius 1 is 1.05 bits per heavy atom. The first-order valence-electron chi connectivity index (χ1n) is 13.1. The predicted molar refractivity (Wildman–Crippen MR) is 152 cm³/mol.